The maximum absolute atomic E-state index is 13.5. The molecule has 0 saturated heterocycles. The van der Waals surface area contributed by atoms with Gasteiger partial charge < -0.3 is 4.90 Å². The minimum absolute atomic E-state index is 0.104. The summed E-state index contributed by atoms with van der Waals surface area (Å²) in [7, 11) is -1.83. The number of hydrogen-bond donors (Lipinski definition) is 0. The average Bonchev–Trinajstić information content (AvgIpc) is 2.67. The highest BCUT2D eigenvalue weighted by atomic mass is 32.2. The summed E-state index contributed by atoms with van der Waals surface area (Å²) < 4.78 is 28.6. The van der Waals surface area contributed by atoms with Crippen LogP contribution in [-0.2, 0) is 16.4 Å². The number of anilines is 1. The molecule has 29 heavy (non-hydrogen) atoms. The molecule has 2 aromatic rings. The van der Waals surface area contributed by atoms with E-state index in [0.717, 1.165) is 30.5 Å². The second-order valence-electron chi connectivity index (χ2n) is 8.71. The number of likely N-dealkylation sites (N-methyl/N-ethyl adjacent to an activating group) is 1. The summed E-state index contributed by atoms with van der Waals surface area (Å²) >= 11 is 0. The van der Waals surface area contributed by atoms with E-state index in [4.69, 9.17) is 0 Å². The van der Waals surface area contributed by atoms with Crippen molar-refractivity contribution in [1.82, 2.24) is 4.31 Å². The summed E-state index contributed by atoms with van der Waals surface area (Å²) in [5, 5.41) is 0. The Hall–Kier alpha value is -1.85. The fourth-order valence-corrected chi connectivity index (χ4v) is 6.08. The second-order valence-corrected chi connectivity index (χ2v) is 10.7. The minimum Gasteiger partial charge on any atom is -0.370 e. The van der Waals surface area contributed by atoms with Gasteiger partial charge in [-0.15, -0.1) is 0 Å². The third kappa shape index (κ3) is 4.36. The Morgan fingerprint density at radius 1 is 1.10 bits per heavy atom. The van der Waals surface area contributed by atoms with Crippen LogP contribution >= 0.6 is 0 Å². The van der Waals surface area contributed by atoms with Crippen molar-refractivity contribution in [2.24, 2.45) is 5.92 Å². The molecule has 3 rings (SSSR count). The zero-order valence-electron chi connectivity index (χ0n) is 18.6. The summed E-state index contributed by atoms with van der Waals surface area (Å²) in [5.74, 6) is 0.204. The van der Waals surface area contributed by atoms with Gasteiger partial charge >= 0.3 is 0 Å². The van der Waals surface area contributed by atoms with E-state index in [1.165, 1.54) is 16.8 Å². The van der Waals surface area contributed by atoms with E-state index >= 15 is 0 Å². The van der Waals surface area contributed by atoms with E-state index in [2.05, 4.69) is 43.9 Å². The Bertz CT molecular complexity index is 982. The zero-order valence-corrected chi connectivity index (χ0v) is 19.4. The molecule has 0 aliphatic carbocycles. The van der Waals surface area contributed by atoms with E-state index in [9.17, 15) is 8.42 Å². The van der Waals surface area contributed by atoms with Gasteiger partial charge in [-0.2, -0.15) is 4.31 Å². The van der Waals surface area contributed by atoms with Crippen LogP contribution in [0.25, 0.3) is 0 Å². The largest absolute Gasteiger partial charge is 0.370 e. The Balaban J connectivity index is 1.92. The van der Waals surface area contributed by atoms with Crippen LogP contribution in [0.3, 0.4) is 0 Å². The monoisotopic (exact) mass is 414 g/mol. The van der Waals surface area contributed by atoms with Gasteiger partial charge in [0.1, 0.15) is 0 Å². The SMILES string of the molecule is Cc1ccc2c(c1)CCCN2CC(C(C)C)N(C)S(=O)(=O)c1cccc(C)c1C. The van der Waals surface area contributed by atoms with Crippen LogP contribution in [0, 0.1) is 26.7 Å². The van der Waals surface area contributed by atoms with Crippen LogP contribution < -0.4 is 4.90 Å². The molecule has 1 aliphatic rings. The van der Waals surface area contributed by atoms with Gasteiger partial charge in [0.25, 0.3) is 0 Å². The summed E-state index contributed by atoms with van der Waals surface area (Å²) in [4.78, 5) is 2.79. The number of fused-ring (bicyclic) bond motifs is 1. The van der Waals surface area contributed by atoms with Gasteiger partial charge in [0.05, 0.1) is 4.90 Å². The molecule has 0 fully saturated rings. The first kappa shape index (κ1) is 21.8. The predicted octanol–water partition coefficient (Wildman–Crippen LogP) is 4.71. The molecule has 0 amide bonds. The van der Waals surface area contributed by atoms with Gasteiger partial charge in [-0.3, -0.25) is 0 Å². The van der Waals surface area contributed by atoms with Crippen LogP contribution in [0.2, 0.25) is 0 Å². The van der Waals surface area contributed by atoms with Crippen molar-refractivity contribution in [2.75, 3.05) is 25.0 Å². The Labute approximate surface area is 176 Å². The van der Waals surface area contributed by atoms with Gasteiger partial charge in [-0.25, -0.2) is 8.42 Å². The van der Waals surface area contributed by atoms with Gasteiger partial charge in [0.15, 0.2) is 0 Å². The summed E-state index contributed by atoms with van der Waals surface area (Å²) in [5.41, 5.74) is 5.74. The third-order valence-electron chi connectivity index (χ3n) is 6.31. The van der Waals surface area contributed by atoms with Crippen molar-refractivity contribution in [2.45, 2.75) is 58.4 Å². The highest BCUT2D eigenvalue weighted by molar-refractivity contribution is 7.89. The van der Waals surface area contributed by atoms with Crippen LogP contribution in [0.4, 0.5) is 5.69 Å². The quantitative estimate of drug-likeness (QED) is 0.687. The molecule has 4 nitrogen and oxygen atoms in total. The maximum atomic E-state index is 13.5. The molecule has 1 unspecified atom stereocenters. The van der Waals surface area contributed by atoms with E-state index in [0.29, 0.717) is 11.4 Å². The molecule has 1 heterocycles. The van der Waals surface area contributed by atoms with Crippen LogP contribution in [0.5, 0.6) is 0 Å². The maximum Gasteiger partial charge on any atom is 0.243 e. The molecule has 0 N–H and O–H groups in total. The van der Waals surface area contributed by atoms with E-state index in [-0.39, 0.29) is 12.0 Å². The average molecular weight is 415 g/mol. The van der Waals surface area contributed by atoms with E-state index in [1.54, 1.807) is 17.4 Å². The lowest BCUT2D eigenvalue weighted by Gasteiger charge is -2.39. The Morgan fingerprint density at radius 3 is 2.52 bits per heavy atom. The van der Waals surface area contributed by atoms with Gasteiger partial charge in [-0.05, 0) is 68.4 Å². The second kappa shape index (κ2) is 8.49. The number of nitrogens with zero attached hydrogens (tertiary/aromatic N) is 2. The number of aryl methyl sites for hydroxylation is 3. The number of hydrogen-bond acceptors (Lipinski definition) is 3. The molecule has 0 spiro atoms. The fraction of sp³-hybridized carbons (Fsp3) is 0.500. The van der Waals surface area contributed by atoms with Crippen molar-refractivity contribution < 1.29 is 8.42 Å². The summed E-state index contributed by atoms with van der Waals surface area (Å²) in [6.45, 7) is 11.9. The standard InChI is InChI=1S/C24H34N2O2S/c1-17(2)23(16-26-14-8-10-21-15-18(3)12-13-22(21)26)25(6)29(27,28)24-11-7-9-19(4)20(24)5/h7,9,11-13,15,17,23H,8,10,14,16H2,1-6H3. The van der Waals surface area contributed by atoms with Gasteiger partial charge in [0, 0.05) is 31.9 Å². The van der Waals surface area contributed by atoms with Crippen molar-refractivity contribution in [1.29, 1.82) is 0 Å². The number of benzene rings is 2. The first-order valence-corrected chi connectivity index (χ1v) is 12.0. The molecule has 2 aromatic carbocycles. The highest BCUT2D eigenvalue weighted by Crippen LogP contribution is 2.31. The van der Waals surface area contributed by atoms with E-state index in [1.807, 2.05) is 26.0 Å². The smallest absolute Gasteiger partial charge is 0.243 e. The van der Waals surface area contributed by atoms with Crippen molar-refractivity contribution >= 4 is 15.7 Å². The van der Waals surface area contributed by atoms with Crippen molar-refractivity contribution in [3.8, 4) is 0 Å². The molecular formula is C24H34N2O2S. The predicted molar refractivity (Wildman–Crippen MR) is 121 cm³/mol. The van der Waals surface area contributed by atoms with E-state index < -0.39 is 10.0 Å². The van der Waals surface area contributed by atoms with Crippen LogP contribution in [-0.4, -0.2) is 38.9 Å². The van der Waals surface area contributed by atoms with Gasteiger partial charge in [-0.1, -0.05) is 43.7 Å². The lowest BCUT2D eigenvalue weighted by atomic mass is 9.97. The molecule has 1 aliphatic heterocycles. The summed E-state index contributed by atoms with van der Waals surface area (Å²) in [6, 6.07) is 12.0. The molecule has 158 valence electrons. The Kier molecular flexibility index (Phi) is 6.39. The number of sulfonamides is 1. The topological polar surface area (TPSA) is 40.6 Å². The molecular weight excluding hydrogens is 380 g/mol. The third-order valence-corrected chi connectivity index (χ3v) is 8.33. The first-order chi connectivity index (χ1) is 13.6. The molecule has 1 atom stereocenters. The van der Waals surface area contributed by atoms with Crippen LogP contribution in [0.15, 0.2) is 41.3 Å². The molecule has 0 saturated carbocycles. The minimum atomic E-state index is -3.56. The highest BCUT2D eigenvalue weighted by Gasteiger charge is 2.33. The Morgan fingerprint density at radius 2 is 1.83 bits per heavy atom. The molecule has 5 heteroatoms. The van der Waals surface area contributed by atoms with Gasteiger partial charge in [0.2, 0.25) is 10.0 Å². The normalized spacial score (nSPS) is 15.7. The molecule has 0 bridgehead atoms. The number of rotatable bonds is 6. The zero-order chi connectivity index (χ0) is 21.3. The lowest BCUT2D eigenvalue weighted by molar-refractivity contribution is 0.294. The van der Waals surface area contributed by atoms with Crippen LogP contribution in [0.1, 0.15) is 42.5 Å². The molecule has 0 aromatic heterocycles. The van der Waals surface area contributed by atoms with Crippen molar-refractivity contribution in [3.05, 3.63) is 58.7 Å². The molecule has 0 radical (unpaired) electrons. The van der Waals surface area contributed by atoms with Crippen molar-refractivity contribution in [3.63, 3.8) is 0 Å². The lowest BCUT2D eigenvalue weighted by Crippen LogP contribution is -2.49. The first-order valence-electron chi connectivity index (χ1n) is 10.5. The fourth-order valence-electron chi connectivity index (χ4n) is 4.30. The summed E-state index contributed by atoms with van der Waals surface area (Å²) in [6.07, 6.45) is 2.20.